The predicted octanol–water partition coefficient (Wildman–Crippen LogP) is 2.73. The molecule has 5 heteroatoms. The number of hydrogen-bond acceptors (Lipinski definition) is 3. The fourth-order valence-electron chi connectivity index (χ4n) is 0.696. The molecular weight excluding hydrogens is 242 g/mol. The van der Waals surface area contributed by atoms with Crippen molar-refractivity contribution in [1.82, 2.24) is 4.98 Å². The first-order valence-corrected chi connectivity index (χ1v) is 5.03. The number of rotatable bonds is 2. The van der Waals surface area contributed by atoms with E-state index in [2.05, 4.69) is 20.9 Å². The highest BCUT2D eigenvalue weighted by Crippen LogP contribution is 2.29. The van der Waals surface area contributed by atoms with E-state index in [0.717, 1.165) is 5.01 Å². The Labute approximate surface area is 82.6 Å². The van der Waals surface area contributed by atoms with Crippen LogP contribution in [0.4, 0.5) is 0 Å². The molecule has 66 valence electrons. The van der Waals surface area contributed by atoms with Gasteiger partial charge in [-0.2, -0.15) is 0 Å². The number of aromatic carboxylic acids is 1. The maximum atomic E-state index is 10.6. The Morgan fingerprint density at radius 3 is 2.50 bits per heavy atom. The summed E-state index contributed by atoms with van der Waals surface area (Å²) in [5.41, 5.74) is 0.115. The summed E-state index contributed by atoms with van der Waals surface area (Å²) >= 11 is 4.54. The Kier molecular flexibility index (Phi) is 2.85. The van der Waals surface area contributed by atoms with Crippen molar-refractivity contribution in [3.05, 3.63) is 14.5 Å². The largest absolute Gasteiger partial charge is 0.476 e. The molecule has 0 amide bonds. The summed E-state index contributed by atoms with van der Waals surface area (Å²) in [5, 5.41) is 9.52. The third-order valence-corrected chi connectivity index (χ3v) is 3.30. The molecule has 1 rings (SSSR count). The minimum atomic E-state index is -0.981. The summed E-state index contributed by atoms with van der Waals surface area (Å²) in [6, 6.07) is 0. The summed E-state index contributed by atoms with van der Waals surface area (Å²) in [7, 11) is 0. The van der Waals surface area contributed by atoms with E-state index in [0.29, 0.717) is 3.79 Å². The number of carbonyl (C=O) groups is 1. The molecule has 3 nitrogen and oxygen atoms in total. The van der Waals surface area contributed by atoms with Crippen LogP contribution in [-0.2, 0) is 0 Å². The Hall–Kier alpha value is -0.420. The van der Waals surface area contributed by atoms with Crippen molar-refractivity contribution in [2.45, 2.75) is 19.8 Å². The van der Waals surface area contributed by atoms with Gasteiger partial charge in [-0.15, -0.1) is 11.3 Å². The zero-order valence-corrected chi connectivity index (χ0v) is 9.07. The van der Waals surface area contributed by atoms with E-state index in [1.54, 1.807) is 0 Å². The fourth-order valence-corrected chi connectivity index (χ4v) is 2.24. The van der Waals surface area contributed by atoms with Crippen LogP contribution in [0.1, 0.15) is 35.3 Å². The van der Waals surface area contributed by atoms with Crippen molar-refractivity contribution < 1.29 is 9.90 Å². The highest BCUT2D eigenvalue weighted by atomic mass is 79.9. The van der Waals surface area contributed by atoms with Gasteiger partial charge in [-0.05, 0) is 15.9 Å². The number of halogens is 1. The number of carboxylic acid groups (broad SMARTS) is 1. The van der Waals surface area contributed by atoms with E-state index in [-0.39, 0.29) is 11.6 Å². The van der Waals surface area contributed by atoms with Crippen molar-refractivity contribution in [1.29, 1.82) is 0 Å². The van der Waals surface area contributed by atoms with E-state index in [1.165, 1.54) is 11.3 Å². The molecule has 1 N–H and O–H groups in total. The van der Waals surface area contributed by atoms with Crippen LogP contribution in [0, 0.1) is 0 Å². The average molecular weight is 250 g/mol. The molecule has 0 aliphatic heterocycles. The SMILES string of the molecule is CC(C)c1nc(C(=O)O)c(Br)s1. The van der Waals surface area contributed by atoms with Crippen molar-refractivity contribution >= 4 is 33.2 Å². The van der Waals surface area contributed by atoms with Gasteiger partial charge in [-0.1, -0.05) is 13.8 Å². The Balaban J connectivity index is 3.09. The molecule has 0 atom stereocenters. The minimum Gasteiger partial charge on any atom is -0.476 e. The first-order valence-electron chi connectivity index (χ1n) is 3.42. The highest BCUT2D eigenvalue weighted by Gasteiger charge is 2.16. The quantitative estimate of drug-likeness (QED) is 0.877. The number of aromatic nitrogens is 1. The van der Waals surface area contributed by atoms with Crippen LogP contribution in [0.25, 0.3) is 0 Å². The molecule has 0 saturated heterocycles. The van der Waals surface area contributed by atoms with Gasteiger partial charge in [0.15, 0.2) is 5.69 Å². The van der Waals surface area contributed by atoms with Crippen LogP contribution in [0.2, 0.25) is 0 Å². The molecule has 0 radical (unpaired) electrons. The van der Waals surface area contributed by atoms with Crippen LogP contribution >= 0.6 is 27.3 Å². The molecule has 0 saturated carbocycles. The second-order valence-electron chi connectivity index (χ2n) is 2.63. The lowest BCUT2D eigenvalue weighted by atomic mass is 10.2. The van der Waals surface area contributed by atoms with E-state index in [9.17, 15) is 4.79 Å². The van der Waals surface area contributed by atoms with Gasteiger partial charge in [0.2, 0.25) is 0 Å². The molecule has 1 aromatic rings. The number of hydrogen-bond donors (Lipinski definition) is 1. The van der Waals surface area contributed by atoms with E-state index >= 15 is 0 Å². The van der Waals surface area contributed by atoms with E-state index in [1.807, 2.05) is 13.8 Å². The minimum absolute atomic E-state index is 0.115. The van der Waals surface area contributed by atoms with Crippen molar-refractivity contribution in [3.63, 3.8) is 0 Å². The smallest absolute Gasteiger partial charge is 0.356 e. The van der Waals surface area contributed by atoms with Crippen molar-refractivity contribution in [2.75, 3.05) is 0 Å². The van der Waals surface area contributed by atoms with Gasteiger partial charge < -0.3 is 5.11 Å². The Bertz CT molecular complexity index is 308. The standard InChI is InChI=1S/C7H8BrNO2S/c1-3(2)6-9-4(7(10)11)5(8)12-6/h3H,1-2H3,(H,10,11). The summed E-state index contributed by atoms with van der Waals surface area (Å²) in [6.45, 7) is 3.97. The number of carboxylic acids is 1. The summed E-state index contributed by atoms with van der Waals surface area (Å²) in [5.74, 6) is -0.704. The third kappa shape index (κ3) is 1.84. The molecule has 0 fully saturated rings. The summed E-state index contributed by atoms with van der Waals surface area (Å²) < 4.78 is 0.596. The lowest BCUT2D eigenvalue weighted by Gasteiger charge is -1.94. The summed E-state index contributed by atoms with van der Waals surface area (Å²) in [6.07, 6.45) is 0. The van der Waals surface area contributed by atoms with Crippen molar-refractivity contribution in [2.24, 2.45) is 0 Å². The van der Waals surface area contributed by atoms with Crippen LogP contribution in [0.5, 0.6) is 0 Å². The van der Waals surface area contributed by atoms with E-state index < -0.39 is 5.97 Å². The topological polar surface area (TPSA) is 50.2 Å². The van der Waals surface area contributed by atoms with Gasteiger partial charge >= 0.3 is 5.97 Å². The fraction of sp³-hybridized carbons (Fsp3) is 0.429. The van der Waals surface area contributed by atoms with Gasteiger partial charge in [-0.25, -0.2) is 9.78 Å². The first-order chi connectivity index (χ1) is 5.52. The van der Waals surface area contributed by atoms with Gasteiger partial charge in [0, 0.05) is 5.92 Å². The zero-order chi connectivity index (χ0) is 9.30. The second kappa shape index (κ2) is 3.53. The Morgan fingerprint density at radius 2 is 2.25 bits per heavy atom. The molecule has 0 unspecified atom stereocenters. The first kappa shape index (κ1) is 9.67. The van der Waals surface area contributed by atoms with Crippen molar-refractivity contribution in [3.8, 4) is 0 Å². The maximum absolute atomic E-state index is 10.6. The average Bonchev–Trinajstić information content (AvgIpc) is 2.30. The van der Waals surface area contributed by atoms with Gasteiger partial charge in [0.1, 0.15) is 3.79 Å². The van der Waals surface area contributed by atoms with Crippen LogP contribution < -0.4 is 0 Å². The number of thiazole rings is 1. The lowest BCUT2D eigenvalue weighted by molar-refractivity contribution is 0.0690. The van der Waals surface area contributed by atoms with Crippen LogP contribution in [0.3, 0.4) is 0 Å². The molecule has 0 bridgehead atoms. The predicted molar refractivity (Wildman–Crippen MR) is 50.9 cm³/mol. The van der Waals surface area contributed by atoms with Gasteiger partial charge in [0.25, 0.3) is 0 Å². The molecule has 0 aromatic carbocycles. The lowest BCUT2D eigenvalue weighted by Crippen LogP contribution is -1.98. The molecule has 0 spiro atoms. The van der Waals surface area contributed by atoms with Crippen LogP contribution in [-0.4, -0.2) is 16.1 Å². The molecule has 12 heavy (non-hydrogen) atoms. The third-order valence-electron chi connectivity index (χ3n) is 1.30. The van der Waals surface area contributed by atoms with Gasteiger partial charge in [-0.3, -0.25) is 0 Å². The molecule has 1 heterocycles. The zero-order valence-electron chi connectivity index (χ0n) is 6.67. The molecular formula is C7H8BrNO2S. The van der Waals surface area contributed by atoms with E-state index in [4.69, 9.17) is 5.11 Å². The molecule has 0 aliphatic carbocycles. The normalized spacial score (nSPS) is 10.7. The number of nitrogens with zero attached hydrogens (tertiary/aromatic N) is 1. The maximum Gasteiger partial charge on any atom is 0.356 e. The Morgan fingerprint density at radius 1 is 1.67 bits per heavy atom. The molecule has 0 aliphatic rings. The highest BCUT2D eigenvalue weighted by molar-refractivity contribution is 9.11. The monoisotopic (exact) mass is 249 g/mol. The van der Waals surface area contributed by atoms with Gasteiger partial charge in [0.05, 0.1) is 5.01 Å². The second-order valence-corrected chi connectivity index (χ2v) is 4.98. The molecule has 1 aromatic heterocycles. The van der Waals surface area contributed by atoms with Crippen LogP contribution in [0.15, 0.2) is 3.79 Å². The summed E-state index contributed by atoms with van der Waals surface area (Å²) in [4.78, 5) is 14.6.